The molecule has 1 aromatic carbocycles. The van der Waals surface area contributed by atoms with E-state index in [9.17, 15) is 0 Å². The molecule has 0 saturated carbocycles. The van der Waals surface area contributed by atoms with Crippen LogP contribution in [0, 0.1) is 13.8 Å². The summed E-state index contributed by atoms with van der Waals surface area (Å²) in [5.41, 5.74) is 8.90. The number of aromatic nitrogens is 1. The highest BCUT2D eigenvalue weighted by Gasteiger charge is 2.11. The lowest BCUT2D eigenvalue weighted by Gasteiger charge is -2.10. The number of nitrogens with one attached hydrogen (secondary N) is 1. The van der Waals surface area contributed by atoms with E-state index >= 15 is 0 Å². The summed E-state index contributed by atoms with van der Waals surface area (Å²) in [6.45, 7) is 5.84. The second kappa shape index (κ2) is 9.65. The molecule has 8 heteroatoms. The van der Waals surface area contributed by atoms with E-state index in [-0.39, 0.29) is 24.0 Å². The van der Waals surface area contributed by atoms with Crippen molar-refractivity contribution in [3.8, 4) is 11.5 Å². The molecule has 3 N–H and O–H groups in total. The summed E-state index contributed by atoms with van der Waals surface area (Å²) in [4.78, 5) is 4.37. The lowest BCUT2D eigenvalue weighted by Crippen LogP contribution is -2.23. The number of aliphatic imine (C=N–C) groups is 1. The maximum absolute atomic E-state index is 5.97. The largest absolute Gasteiger partial charge is 0.490 e. The van der Waals surface area contributed by atoms with Crippen LogP contribution >= 0.6 is 24.0 Å². The first-order chi connectivity index (χ1) is 12.1. The van der Waals surface area contributed by atoms with E-state index in [4.69, 9.17) is 19.7 Å². The van der Waals surface area contributed by atoms with E-state index < -0.39 is 0 Å². The number of nitrogens with zero attached hydrogens (tertiary/aromatic N) is 2. The van der Waals surface area contributed by atoms with Crippen molar-refractivity contribution in [2.45, 2.75) is 33.1 Å². The van der Waals surface area contributed by atoms with Gasteiger partial charge in [0.25, 0.3) is 0 Å². The predicted molar refractivity (Wildman–Crippen MR) is 112 cm³/mol. The third-order valence-electron chi connectivity index (χ3n) is 4.07. The van der Waals surface area contributed by atoms with Crippen LogP contribution in [0.3, 0.4) is 0 Å². The van der Waals surface area contributed by atoms with Crippen molar-refractivity contribution in [3.05, 3.63) is 35.2 Å². The topological polar surface area (TPSA) is 94.9 Å². The van der Waals surface area contributed by atoms with Crippen LogP contribution in [0.4, 0.5) is 5.69 Å². The Balaban J connectivity index is 0.00000243. The number of anilines is 1. The Labute approximate surface area is 170 Å². The van der Waals surface area contributed by atoms with Gasteiger partial charge in [0.05, 0.1) is 18.9 Å². The van der Waals surface area contributed by atoms with Crippen LogP contribution in [-0.2, 0) is 6.42 Å². The lowest BCUT2D eigenvalue weighted by molar-refractivity contribution is 0.297. The smallest absolute Gasteiger partial charge is 0.193 e. The fourth-order valence-corrected chi connectivity index (χ4v) is 2.74. The zero-order valence-electron chi connectivity index (χ0n) is 15.1. The van der Waals surface area contributed by atoms with E-state index in [2.05, 4.69) is 15.5 Å². The summed E-state index contributed by atoms with van der Waals surface area (Å²) >= 11 is 0. The molecule has 0 bridgehead atoms. The fraction of sp³-hybridized carbons (Fsp3) is 0.444. The molecule has 7 nitrogen and oxygen atoms in total. The number of hydrogen-bond donors (Lipinski definition) is 2. The van der Waals surface area contributed by atoms with E-state index in [0.29, 0.717) is 25.7 Å². The van der Waals surface area contributed by atoms with Gasteiger partial charge in [0.2, 0.25) is 0 Å². The van der Waals surface area contributed by atoms with Crippen LogP contribution in [0.1, 0.15) is 29.9 Å². The molecular formula is C18H25IN4O3. The predicted octanol–water partition coefficient (Wildman–Crippen LogP) is 3.43. The van der Waals surface area contributed by atoms with Crippen LogP contribution in [-0.4, -0.2) is 30.9 Å². The summed E-state index contributed by atoms with van der Waals surface area (Å²) in [6, 6.07) is 5.67. The van der Waals surface area contributed by atoms with Crippen molar-refractivity contribution >= 4 is 35.6 Å². The second-order valence-corrected chi connectivity index (χ2v) is 6.01. The first-order valence-corrected chi connectivity index (χ1v) is 8.52. The molecule has 0 aliphatic carbocycles. The number of hydrogen-bond acceptors (Lipinski definition) is 5. The van der Waals surface area contributed by atoms with Gasteiger partial charge in [0.15, 0.2) is 17.5 Å². The lowest BCUT2D eigenvalue weighted by atomic mass is 10.1. The zero-order valence-corrected chi connectivity index (χ0v) is 17.4. The zero-order chi connectivity index (χ0) is 17.6. The molecule has 3 rings (SSSR count). The minimum absolute atomic E-state index is 0. The molecular weight excluding hydrogens is 447 g/mol. The Morgan fingerprint density at radius 1 is 1.23 bits per heavy atom. The SMILES string of the molecule is Cc1noc(C)c1CCCN=C(N)Nc1ccc2c(c1)OCCCO2.I. The van der Waals surface area contributed by atoms with Crippen molar-refractivity contribution in [2.75, 3.05) is 25.1 Å². The molecule has 1 aromatic heterocycles. The van der Waals surface area contributed by atoms with E-state index in [1.165, 1.54) is 0 Å². The van der Waals surface area contributed by atoms with Gasteiger partial charge in [-0.15, -0.1) is 24.0 Å². The Kier molecular flexibility index (Phi) is 7.55. The van der Waals surface area contributed by atoms with Crippen LogP contribution < -0.4 is 20.5 Å². The molecule has 142 valence electrons. The number of fused-ring (bicyclic) bond motifs is 1. The summed E-state index contributed by atoms with van der Waals surface area (Å²) in [7, 11) is 0. The summed E-state index contributed by atoms with van der Waals surface area (Å²) in [6.07, 6.45) is 2.64. The Morgan fingerprint density at radius 3 is 2.73 bits per heavy atom. The van der Waals surface area contributed by atoms with Crippen LogP contribution in [0.15, 0.2) is 27.7 Å². The molecule has 0 unspecified atom stereocenters. The van der Waals surface area contributed by atoms with Crippen LogP contribution in [0.5, 0.6) is 11.5 Å². The highest BCUT2D eigenvalue weighted by atomic mass is 127. The van der Waals surface area contributed by atoms with E-state index in [0.717, 1.165) is 53.5 Å². The van der Waals surface area contributed by atoms with Gasteiger partial charge < -0.3 is 25.0 Å². The van der Waals surface area contributed by atoms with Crippen LogP contribution in [0.25, 0.3) is 0 Å². The number of nitrogens with two attached hydrogens (primary N) is 1. The van der Waals surface area contributed by atoms with Gasteiger partial charge in [0.1, 0.15) is 5.76 Å². The van der Waals surface area contributed by atoms with Crippen molar-refractivity contribution in [1.82, 2.24) is 5.16 Å². The summed E-state index contributed by atoms with van der Waals surface area (Å²) in [5.74, 6) is 2.75. The number of rotatable bonds is 5. The molecule has 1 aliphatic heterocycles. The van der Waals surface area contributed by atoms with Gasteiger partial charge in [-0.05, 0) is 38.8 Å². The van der Waals surface area contributed by atoms with E-state index in [1.807, 2.05) is 32.0 Å². The minimum Gasteiger partial charge on any atom is -0.490 e. The third kappa shape index (κ3) is 5.26. The number of benzene rings is 1. The molecule has 0 fully saturated rings. The Bertz CT molecular complexity index is 741. The standard InChI is InChI=1S/C18H24N4O3.HI/c1-12-15(13(2)25-22-12)5-3-8-20-18(19)21-14-6-7-16-17(11-14)24-10-4-9-23-16;/h6-7,11H,3-5,8-10H2,1-2H3,(H3,19,20,21);1H. The van der Waals surface area contributed by atoms with Crippen LogP contribution in [0.2, 0.25) is 0 Å². The average molecular weight is 472 g/mol. The number of ether oxygens (including phenoxy) is 2. The van der Waals surface area contributed by atoms with Gasteiger partial charge in [-0.3, -0.25) is 4.99 Å². The highest BCUT2D eigenvalue weighted by molar-refractivity contribution is 14.0. The van der Waals surface area contributed by atoms with Crippen molar-refractivity contribution in [2.24, 2.45) is 10.7 Å². The fourth-order valence-electron chi connectivity index (χ4n) is 2.74. The first kappa shape index (κ1) is 20.3. The highest BCUT2D eigenvalue weighted by Crippen LogP contribution is 2.32. The van der Waals surface area contributed by atoms with Gasteiger partial charge in [-0.2, -0.15) is 0 Å². The van der Waals surface area contributed by atoms with Gasteiger partial charge >= 0.3 is 0 Å². The molecule has 0 amide bonds. The Hall–Kier alpha value is -1.97. The number of guanidine groups is 1. The van der Waals surface area contributed by atoms with Crippen molar-refractivity contribution < 1.29 is 14.0 Å². The van der Waals surface area contributed by atoms with Crippen molar-refractivity contribution in [1.29, 1.82) is 0 Å². The summed E-state index contributed by atoms with van der Waals surface area (Å²) < 4.78 is 16.4. The molecule has 0 saturated heterocycles. The maximum Gasteiger partial charge on any atom is 0.193 e. The molecule has 26 heavy (non-hydrogen) atoms. The molecule has 0 atom stereocenters. The second-order valence-electron chi connectivity index (χ2n) is 6.01. The molecule has 0 spiro atoms. The third-order valence-corrected chi connectivity index (χ3v) is 4.07. The first-order valence-electron chi connectivity index (χ1n) is 8.52. The minimum atomic E-state index is 0. The molecule has 1 aliphatic rings. The average Bonchev–Trinajstić information content (AvgIpc) is 2.79. The van der Waals surface area contributed by atoms with Gasteiger partial charge in [-0.25, -0.2) is 0 Å². The van der Waals surface area contributed by atoms with Crippen molar-refractivity contribution in [3.63, 3.8) is 0 Å². The quantitative estimate of drug-likeness (QED) is 0.300. The molecule has 2 heterocycles. The molecule has 0 radical (unpaired) electrons. The number of halogens is 1. The maximum atomic E-state index is 5.97. The Morgan fingerprint density at radius 2 is 2.00 bits per heavy atom. The summed E-state index contributed by atoms with van der Waals surface area (Å²) in [5, 5.41) is 7.05. The van der Waals surface area contributed by atoms with E-state index in [1.54, 1.807) is 0 Å². The number of aryl methyl sites for hydroxylation is 2. The van der Waals surface area contributed by atoms with Gasteiger partial charge in [0, 0.05) is 30.3 Å². The monoisotopic (exact) mass is 472 g/mol. The normalized spacial score (nSPS) is 13.7. The van der Waals surface area contributed by atoms with Gasteiger partial charge in [-0.1, -0.05) is 5.16 Å². The molecule has 2 aromatic rings.